The van der Waals surface area contributed by atoms with Gasteiger partial charge in [0.2, 0.25) is 0 Å². The van der Waals surface area contributed by atoms with Gasteiger partial charge in [0.15, 0.2) is 11.5 Å². The third kappa shape index (κ3) is 7.06. The van der Waals surface area contributed by atoms with Crippen molar-refractivity contribution < 1.29 is 14.3 Å². The Balaban J connectivity index is 1.42. The van der Waals surface area contributed by atoms with Crippen molar-refractivity contribution in [3.05, 3.63) is 104 Å². The smallest absolute Gasteiger partial charge is 0.259 e. The van der Waals surface area contributed by atoms with E-state index in [1.807, 2.05) is 56.5 Å². The van der Waals surface area contributed by atoms with E-state index in [0.29, 0.717) is 23.7 Å². The Morgan fingerprint density at radius 1 is 0.927 bits per heavy atom. The molecule has 1 aliphatic carbocycles. The van der Waals surface area contributed by atoms with E-state index < -0.39 is 0 Å². The van der Waals surface area contributed by atoms with Crippen LogP contribution in [0, 0.1) is 20.8 Å². The predicted octanol–water partition coefficient (Wildman–Crippen LogP) is 8.92. The van der Waals surface area contributed by atoms with Crippen LogP contribution < -0.4 is 14.8 Å². The molecule has 5 nitrogen and oxygen atoms in total. The number of carbonyl (C=O) groups excluding carboxylic acids is 1. The number of hydrogen-bond donors (Lipinski definition) is 1. The topological polar surface area (TPSA) is 59.9 Å². The van der Waals surface area contributed by atoms with E-state index in [1.165, 1.54) is 28.8 Å². The molecular formula is C35H38N2O3S. The summed E-state index contributed by atoms with van der Waals surface area (Å²) < 4.78 is 11.7. The van der Waals surface area contributed by atoms with Crippen molar-refractivity contribution in [1.29, 1.82) is 0 Å². The Hall–Kier alpha value is -3.90. The van der Waals surface area contributed by atoms with Crippen molar-refractivity contribution in [1.82, 2.24) is 0 Å². The van der Waals surface area contributed by atoms with Crippen molar-refractivity contribution in [2.75, 3.05) is 12.4 Å². The number of rotatable bonds is 8. The summed E-state index contributed by atoms with van der Waals surface area (Å²) >= 11 is 1.66. The maximum atomic E-state index is 13.8. The summed E-state index contributed by atoms with van der Waals surface area (Å²) in [4.78, 5) is 20.0. The number of carbonyl (C=O) groups is 1. The van der Waals surface area contributed by atoms with Crippen molar-refractivity contribution >= 4 is 34.1 Å². The Morgan fingerprint density at radius 3 is 2.54 bits per heavy atom. The fraction of sp³-hybridized carbons (Fsp3) is 0.314. The molecule has 0 spiro atoms. The molecule has 1 heterocycles. The molecule has 0 unspecified atom stereocenters. The van der Waals surface area contributed by atoms with E-state index >= 15 is 0 Å². The van der Waals surface area contributed by atoms with Crippen LogP contribution in [-0.4, -0.2) is 19.2 Å². The third-order valence-corrected chi connectivity index (χ3v) is 8.72. The highest BCUT2D eigenvalue weighted by molar-refractivity contribution is 7.16. The molecule has 1 aliphatic rings. The molecule has 1 amide bonds. The molecular weight excluding hydrogens is 528 g/mol. The third-order valence-electron chi connectivity index (χ3n) is 7.52. The number of methoxy groups -OCH3 is 1. The molecule has 0 aliphatic heterocycles. The lowest BCUT2D eigenvalue weighted by atomic mass is 9.96. The zero-order chi connectivity index (χ0) is 28.8. The standard InChI is InChI=1S/C35H38N2O3S/c1-23-10-9-11-27(18-23)22-40-30-17-16-26(20-31(30)39-4)21-36-35-33(28-12-7-5-6-8-13-32(28)41-35)34(38)37-29-19-24(2)14-15-25(29)3/h9-11,14-21H,5-8,12-13,22H2,1-4H3,(H,37,38). The summed E-state index contributed by atoms with van der Waals surface area (Å²) in [6.45, 7) is 6.60. The first-order chi connectivity index (χ1) is 19.9. The number of aryl methyl sites for hydroxylation is 4. The minimum Gasteiger partial charge on any atom is -0.493 e. The number of hydrogen-bond acceptors (Lipinski definition) is 5. The van der Waals surface area contributed by atoms with Gasteiger partial charge in [-0.25, -0.2) is 4.99 Å². The number of benzene rings is 3. The van der Waals surface area contributed by atoms with Gasteiger partial charge in [-0.2, -0.15) is 0 Å². The van der Waals surface area contributed by atoms with Gasteiger partial charge in [-0.1, -0.05) is 54.8 Å². The highest BCUT2D eigenvalue weighted by Crippen LogP contribution is 2.40. The molecule has 0 saturated heterocycles. The number of aliphatic imine (C=N–C) groups is 1. The predicted molar refractivity (Wildman–Crippen MR) is 170 cm³/mol. The van der Waals surface area contributed by atoms with Crippen LogP contribution >= 0.6 is 11.3 Å². The second kappa shape index (κ2) is 13.2. The van der Waals surface area contributed by atoms with Crippen LogP contribution in [0.15, 0.2) is 65.7 Å². The van der Waals surface area contributed by atoms with E-state index in [0.717, 1.165) is 58.6 Å². The molecule has 0 fully saturated rings. The minimum atomic E-state index is -0.0820. The summed E-state index contributed by atoms with van der Waals surface area (Å²) in [5.41, 5.74) is 8.09. The summed E-state index contributed by atoms with van der Waals surface area (Å²) in [6, 6.07) is 20.2. The molecule has 3 aromatic carbocycles. The monoisotopic (exact) mass is 566 g/mol. The lowest BCUT2D eigenvalue weighted by Gasteiger charge is -2.13. The number of nitrogens with zero attached hydrogens (tertiary/aromatic N) is 1. The molecule has 6 heteroatoms. The van der Waals surface area contributed by atoms with Gasteiger partial charge in [0.25, 0.3) is 5.91 Å². The van der Waals surface area contributed by atoms with Gasteiger partial charge in [-0.3, -0.25) is 4.79 Å². The van der Waals surface area contributed by atoms with Gasteiger partial charge in [-0.05, 0) is 98.5 Å². The summed E-state index contributed by atoms with van der Waals surface area (Å²) in [5.74, 6) is 1.24. The first-order valence-electron chi connectivity index (χ1n) is 14.3. The van der Waals surface area contributed by atoms with Crippen molar-refractivity contribution in [2.45, 2.75) is 65.9 Å². The maximum absolute atomic E-state index is 13.8. The summed E-state index contributed by atoms with van der Waals surface area (Å²) in [5, 5.41) is 3.95. The highest BCUT2D eigenvalue weighted by atomic mass is 32.1. The molecule has 0 saturated carbocycles. The van der Waals surface area contributed by atoms with Crippen LogP contribution in [0.25, 0.3) is 0 Å². The molecule has 0 bridgehead atoms. The van der Waals surface area contributed by atoms with Crippen LogP contribution in [0.2, 0.25) is 0 Å². The number of amides is 1. The lowest BCUT2D eigenvalue weighted by Crippen LogP contribution is -2.15. The minimum absolute atomic E-state index is 0.0820. The summed E-state index contributed by atoms with van der Waals surface area (Å²) in [7, 11) is 1.64. The summed E-state index contributed by atoms with van der Waals surface area (Å²) in [6.07, 6.45) is 8.41. The fourth-order valence-electron chi connectivity index (χ4n) is 5.27. The second-order valence-corrected chi connectivity index (χ2v) is 11.9. The molecule has 5 rings (SSSR count). The fourth-order valence-corrected chi connectivity index (χ4v) is 6.50. The van der Waals surface area contributed by atoms with E-state index in [1.54, 1.807) is 18.4 Å². The zero-order valence-corrected chi connectivity index (χ0v) is 25.2. The normalized spacial score (nSPS) is 13.4. The SMILES string of the molecule is COc1cc(C=Nc2sc3c(c2C(=O)Nc2cc(C)ccc2C)CCCCCC3)ccc1OCc1cccc(C)c1. The van der Waals surface area contributed by atoms with Gasteiger partial charge in [0, 0.05) is 16.8 Å². The van der Waals surface area contributed by atoms with E-state index in [2.05, 4.69) is 36.5 Å². The largest absolute Gasteiger partial charge is 0.493 e. The quantitative estimate of drug-likeness (QED) is 0.217. The van der Waals surface area contributed by atoms with Crippen LogP contribution in [0.1, 0.15) is 74.3 Å². The number of fused-ring (bicyclic) bond motifs is 1. The Morgan fingerprint density at radius 2 is 1.73 bits per heavy atom. The molecule has 212 valence electrons. The average Bonchev–Trinajstić information content (AvgIpc) is 3.29. The lowest BCUT2D eigenvalue weighted by molar-refractivity contribution is 0.102. The molecule has 0 atom stereocenters. The number of ether oxygens (including phenoxy) is 2. The maximum Gasteiger partial charge on any atom is 0.259 e. The molecule has 1 N–H and O–H groups in total. The molecule has 4 aromatic rings. The van der Waals surface area contributed by atoms with E-state index in [9.17, 15) is 4.79 Å². The first kappa shape index (κ1) is 28.6. The van der Waals surface area contributed by atoms with Gasteiger partial charge in [0.1, 0.15) is 11.6 Å². The van der Waals surface area contributed by atoms with Gasteiger partial charge in [-0.15, -0.1) is 11.3 Å². The van der Waals surface area contributed by atoms with Crippen molar-refractivity contribution in [3.63, 3.8) is 0 Å². The van der Waals surface area contributed by atoms with Crippen LogP contribution in [0.5, 0.6) is 11.5 Å². The van der Waals surface area contributed by atoms with E-state index in [-0.39, 0.29) is 5.91 Å². The second-order valence-electron chi connectivity index (χ2n) is 10.8. The molecule has 1 aromatic heterocycles. The van der Waals surface area contributed by atoms with Gasteiger partial charge < -0.3 is 14.8 Å². The number of thiophene rings is 1. The zero-order valence-electron chi connectivity index (χ0n) is 24.4. The Bertz CT molecular complexity index is 1570. The van der Waals surface area contributed by atoms with Crippen LogP contribution in [0.3, 0.4) is 0 Å². The molecule has 41 heavy (non-hydrogen) atoms. The van der Waals surface area contributed by atoms with Crippen LogP contribution in [0.4, 0.5) is 10.7 Å². The van der Waals surface area contributed by atoms with Gasteiger partial charge >= 0.3 is 0 Å². The first-order valence-corrected chi connectivity index (χ1v) is 15.2. The van der Waals surface area contributed by atoms with Crippen molar-refractivity contribution in [2.24, 2.45) is 4.99 Å². The number of nitrogens with one attached hydrogen (secondary N) is 1. The average molecular weight is 567 g/mol. The van der Waals surface area contributed by atoms with E-state index in [4.69, 9.17) is 14.5 Å². The van der Waals surface area contributed by atoms with Crippen molar-refractivity contribution in [3.8, 4) is 11.5 Å². The molecule has 0 radical (unpaired) electrons. The highest BCUT2D eigenvalue weighted by Gasteiger charge is 2.24. The Labute approximate surface area is 247 Å². The Kier molecular flexibility index (Phi) is 9.20. The van der Waals surface area contributed by atoms with Crippen LogP contribution in [-0.2, 0) is 19.4 Å². The van der Waals surface area contributed by atoms with Gasteiger partial charge in [0.05, 0.1) is 12.7 Å². The number of anilines is 1.